The molecule has 0 aliphatic carbocycles. The lowest BCUT2D eigenvalue weighted by atomic mass is 10.1. The van der Waals surface area contributed by atoms with Crippen molar-refractivity contribution in [3.63, 3.8) is 0 Å². The first kappa shape index (κ1) is 12.3. The second kappa shape index (κ2) is 5.09. The van der Waals surface area contributed by atoms with Crippen LogP contribution in [0.15, 0.2) is 60.8 Å². The molecule has 3 aromatic rings. The number of hydrogen-bond donors (Lipinski definition) is 2. The van der Waals surface area contributed by atoms with Gasteiger partial charge in [-0.15, -0.1) is 0 Å². The highest BCUT2D eigenvalue weighted by Gasteiger charge is 2.10. The molecule has 0 saturated carbocycles. The van der Waals surface area contributed by atoms with Crippen molar-refractivity contribution >= 4 is 5.69 Å². The van der Waals surface area contributed by atoms with E-state index in [4.69, 9.17) is 10.5 Å². The van der Waals surface area contributed by atoms with Gasteiger partial charge in [0.1, 0.15) is 17.3 Å². The molecule has 0 aliphatic heterocycles. The number of nitrogen functional groups attached to an aromatic ring is 1. The van der Waals surface area contributed by atoms with Crippen molar-refractivity contribution in [1.82, 2.24) is 4.98 Å². The molecule has 100 valence electrons. The van der Waals surface area contributed by atoms with E-state index in [0.717, 1.165) is 0 Å². The van der Waals surface area contributed by atoms with E-state index in [1.54, 1.807) is 24.4 Å². The number of benzene rings is 2. The van der Waals surface area contributed by atoms with E-state index in [2.05, 4.69) is 4.98 Å². The van der Waals surface area contributed by atoms with Crippen molar-refractivity contribution < 1.29 is 9.13 Å². The number of H-pyrrole nitrogens is 1. The number of aromatic amines is 1. The summed E-state index contributed by atoms with van der Waals surface area (Å²) in [6, 6.07) is 15.7. The van der Waals surface area contributed by atoms with Crippen molar-refractivity contribution in [3.8, 4) is 22.8 Å². The van der Waals surface area contributed by atoms with Crippen molar-refractivity contribution in [1.29, 1.82) is 0 Å². The van der Waals surface area contributed by atoms with Crippen LogP contribution < -0.4 is 10.5 Å². The first-order valence-corrected chi connectivity index (χ1v) is 6.20. The zero-order valence-corrected chi connectivity index (χ0v) is 10.6. The average Bonchev–Trinajstić information content (AvgIpc) is 2.86. The lowest BCUT2D eigenvalue weighted by Gasteiger charge is -2.08. The minimum Gasteiger partial charge on any atom is -0.457 e. The predicted molar refractivity (Wildman–Crippen MR) is 77.1 cm³/mol. The van der Waals surface area contributed by atoms with E-state index in [0.29, 0.717) is 28.4 Å². The number of rotatable bonds is 3. The quantitative estimate of drug-likeness (QED) is 0.748. The van der Waals surface area contributed by atoms with Gasteiger partial charge in [0.2, 0.25) is 0 Å². The van der Waals surface area contributed by atoms with Gasteiger partial charge in [-0.1, -0.05) is 18.2 Å². The van der Waals surface area contributed by atoms with E-state index in [9.17, 15) is 4.39 Å². The van der Waals surface area contributed by atoms with Gasteiger partial charge >= 0.3 is 0 Å². The maximum atomic E-state index is 14.1. The summed E-state index contributed by atoms with van der Waals surface area (Å²) in [5, 5.41) is 0. The summed E-state index contributed by atoms with van der Waals surface area (Å²) < 4.78 is 19.7. The summed E-state index contributed by atoms with van der Waals surface area (Å²) in [5.41, 5.74) is 7.29. The molecule has 0 spiro atoms. The monoisotopic (exact) mass is 268 g/mol. The third kappa shape index (κ3) is 2.36. The Morgan fingerprint density at radius 1 is 0.950 bits per heavy atom. The summed E-state index contributed by atoms with van der Waals surface area (Å²) >= 11 is 0. The van der Waals surface area contributed by atoms with Crippen molar-refractivity contribution in [2.45, 2.75) is 0 Å². The molecule has 0 atom stereocenters. The maximum Gasteiger partial charge on any atom is 0.136 e. The van der Waals surface area contributed by atoms with Gasteiger partial charge in [-0.3, -0.25) is 0 Å². The van der Waals surface area contributed by atoms with Crippen LogP contribution in [0.25, 0.3) is 11.3 Å². The lowest BCUT2D eigenvalue weighted by molar-refractivity contribution is 0.477. The molecule has 1 heterocycles. The molecular formula is C16H13FN2O. The minimum absolute atomic E-state index is 0.382. The lowest BCUT2D eigenvalue weighted by Crippen LogP contribution is -1.91. The van der Waals surface area contributed by atoms with Gasteiger partial charge in [-0.2, -0.15) is 0 Å². The molecule has 4 heteroatoms. The Morgan fingerprint density at radius 2 is 1.75 bits per heavy atom. The van der Waals surface area contributed by atoms with E-state index in [-0.39, 0.29) is 5.82 Å². The molecule has 0 aliphatic rings. The summed E-state index contributed by atoms with van der Waals surface area (Å²) in [5.74, 6) is 0.731. The van der Waals surface area contributed by atoms with Crippen LogP contribution in [-0.2, 0) is 0 Å². The first-order valence-electron chi connectivity index (χ1n) is 6.20. The number of halogens is 1. The highest BCUT2D eigenvalue weighted by Crippen LogP contribution is 2.30. The number of hydrogen-bond acceptors (Lipinski definition) is 2. The van der Waals surface area contributed by atoms with Gasteiger partial charge in [0.15, 0.2) is 0 Å². The Labute approximate surface area is 115 Å². The summed E-state index contributed by atoms with van der Waals surface area (Å²) in [4.78, 5) is 2.93. The van der Waals surface area contributed by atoms with E-state index >= 15 is 0 Å². The summed E-state index contributed by atoms with van der Waals surface area (Å²) in [7, 11) is 0. The van der Waals surface area contributed by atoms with E-state index in [1.807, 2.05) is 30.3 Å². The van der Waals surface area contributed by atoms with Crippen molar-refractivity contribution in [2.24, 2.45) is 0 Å². The molecule has 3 N–H and O–H groups in total. The van der Waals surface area contributed by atoms with Gasteiger partial charge in [0, 0.05) is 17.8 Å². The first-order chi connectivity index (χ1) is 9.74. The number of anilines is 1. The minimum atomic E-state index is -0.382. The van der Waals surface area contributed by atoms with Crippen LogP contribution in [0.5, 0.6) is 11.5 Å². The third-order valence-electron chi connectivity index (χ3n) is 2.97. The van der Waals surface area contributed by atoms with Crippen LogP contribution in [0, 0.1) is 5.82 Å². The van der Waals surface area contributed by atoms with Crippen molar-refractivity contribution in [3.05, 3.63) is 66.6 Å². The number of para-hydroxylation sites is 1. The zero-order chi connectivity index (χ0) is 13.9. The highest BCUT2D eigenvalue weighted by molar-refractivity contribution is 5.73. The number of nitrogens with two attached hydrogens (primary N) is 1. The SMILES string of the molecule is Nc1cc[nH]c1-c1ccc(Oc2ccccc2)cc1F. The molecule has 0 bridgehead atoms. The maximum absolute atomic E-state index is 14.1. The van der Waals surface area contributed by atoms with E-state index < -0.39 is 0 Å². The van der Waals surface area contributed by atoms with Crippen LogP contribution in [0.2, 0.25) is 0 Å². The molecule has 0 saturated heterocycles. The summed E-state index contributed by atoms with van der Waals surface area (Å²) in [6.45, 7) is 0. The zero-order valence-electron chi connectivity index (χ0n) is 10.6. The van der Waals surface area contributed by atoms with Crippen LogP contribution in [0.1, 0.15) is 0 Å². The smallest absolute Gasteiger partial charge is 0.136 e. The van der Waals surface area contributed by atoms with Gasteiger partial charge in [-0.25, -0.2) is 4.39 Å². The number of ether oxygens (including phenoxy) is 1. The van der Waals surface area contributed by atoms with Gasteiger partial charge in [0.25, 0.3) is 0 Å². The Hall–Kier alpha value is -2.75. The third-order valence-corrected chi connectivity index (χ3v) is 2.97. The Balaban J connectivity index is 1.90. The fourth-order valence-electron chi connectivity index (χ4n) is 2.00. The predicted octanol–water partition coefficient (Wildman–Crippen LogP) is 4.20. The Bertz CT molecular complexity index is 722. The molecule has 0 amide bonds. The summed E-state index contributed by atoms with van der Waals surface area (Å²) in [6.07, 6.45) is 1.68. The van der Waals surface area contributed by atoms with Gasteiger partial charge < -0.3 is 15.5 Å². The van der Waals surface area contributed by atoms with Crippen LogP contribution >= 0.6 is 0 Å². The molecule has 20 heavy (non-hydrogen) atoms. The molecular weight excluding hydrogens is 255 g/mol. The second-order valence-corrected chi connectivity index (χ2v) is 4.36. The number of nitrogens with one attached hydrogen (secondary N) is 1. The molecule has 0 fully saturated rings. The fraction of sp³-hybridized carbons (Fsp3) is 0. The topological polar surface area (TPSA) is 51.0 Å². The standard InChI is InChI=1S/C16H13FN2O/c17-14-10-12(20-11-4-2-1-3-5-11)6-7-13(14)16-15(18)8-9-19-16/h1-10,19H,18H2. The molecule has 0 unspecified atom stereocenters. The Morgan fingerprint density at radius 3 is 2.40 bits per heavy atom. The van der Waals surface area contributed by atoms with Crippen molar-refractivity contribution in [2.75, 3.05) is 5.73 Å². The van der Waals surface area contributed by atoms with Gasteiger partial charge in [0.05, 0.1) is 11.4 Å². The van der Waals surface area contributed by atoms with Crippen LogP contribution in [-0.4, -0.2) is 4.98 Å². The van der Waals surface area contributed by atoms with Crippen LogP contribution in [0.4, 0.5) is 10.1 Å². The highest BCUT2D eigenvalue weighted by atomic mass is 19.1. The Kier molecular flexibility index (Phi) is 3.13. The fourth-order valence-corrected chi connectivity index (χ4v) is 2.00. The second-order valence-electron chi connectivity index (χ2n) is 4.36. The molecule has 0 radical (unpaired) electrons. The normalized spacial score (nSPS) is 10.4. The molecule has 1 aromatic heterocycles. The van der Waals surface area contributed by atoms with E-state index in [1.165, 1.54) is 6.07 Å². The van der Waals surface area contributed by atoms with Crippen LogP contribution in [0.3, 0.4) is 0 Å². The number of aromatic nitrogens is 1. The molecule has 3 rings (SSSR count). The largest absolute Gasteiger partial charge is 0.457 e. The average molecular weight is 268 g/mol. The molecule has 3 nitrogen and oxygen atoms in total. The van der Waals surface area contributed by atoms with Gasteiger partial charge in [-0.05, 0) is 30.3 Å². The molecule has 2 aromatic carbocycles.